The Labute approximate surface area is 135 Å². The number of hydrogen-bond donors (Lipinski definition) is 2. The van der Waals surface area contributed by atoms with E-state index in [2.05, 4.69) is 19.9 Å². The summed E-state index contributed by atoms with van der Waals surface area (Å²) in [5.74, 6) is -2.96. The zero-order valence-corrected chi connectivity index (χ0v) is 12.1. The molecule has 0 unspecified atom stereocenters. The van der Waals surface area contributed by atoms with E-state index in [1.807, 2.05) is 0 Å². The van der Waals surface area contributed by atoms with E-state index in [1.165, 1.54) is 12.4 Å². The highest BCUT2D eigenvalue weighted by Gasteiger charge is 2.25. The van der Waals surface area contributed by atoms with Crippen LogP contribution in [0.4, 0.5) is 0 Å². The lowest BCUT2D eigenvalue weighted by Crippen LogP contribution is -2.15. The van der Waals surface area contributed by atoms with Crippen LogP contribution in [0.5, 0.6) is 0 Å². The summed E-state index contributed by atoms with van der Waals surface area (Å²) in [6.07, 6.45) is 3.04. The number of aromatic nitrogens is 4. The predicted molar refractivity (Wildman–Crippen MR) is 82.4 cm³/mol. The van der Waals surface area contributed by atoms with Crippen LogP contribution in [0.3, 0.4) is 0 Å². The standard InChI is InChI=1S/C16H10N4O4/c21-15(22)13-14(16(23)24)20-12(10-6-2-4-8-18-10)11(19-13)9-5-1-3-7-17-9/h1-8H,(H,21,22)(H,23,24). The topological polar surface area (TPSA) is 126 Å². The molecule has 2 N–H and O–H groups in total. The van der Waals surface area contributed by atoms with E-state index >= 15 is 0 Å². The molecule has 8 heteroatoms. The first-order chi connectivity index (χ1) is 11.6. The summed E-state index contributed by atoms with van der Waals surface area (Å²) in [6, 6.07) is 10.1. The van der Waals surface area contributed by atoms with Gasteiger partial charge in [-0.05, 0) is 24.3 Å². The van der Waals surface area contributed by atoms with E-state index in [9.17, 15) is 19.8 Å². The number of carbonyl (C=O) groups is 2. The Hall–Kier alpha value is -3.68. The van der Waals surface area contributed by atoms with Gasteiger partial charge in [0.2, 0.25) is 0 Å². The van der Waals surface area contributed by atoms with E-state index in [1.54, 1.807) is 36.4 Å². The summed E-state index contributed by atoms with van der Waals surface area (Å²) in [5.41, 5.74) is -0.269. The average molecular weight is 322 g/mol. The first-order valence-electron chi connectivity index (χ1n) is 6.79. The summed E-state index contributed by atoms with van der Waals surface area (Å²) in [5, 5.41) is 18.5. The Bertz CT molecular complexity index is 838. The van der Waals surface area contributed by atoms with E-state index in [4.69, 9.17) is 0 Å². The number of carboxylic acid groups (broad SMARTS) is 2. The number of nitrogens with zero attached hydrogens (tertiary/aromatic N) is 4. The molecule has 0 aliphatic heterocycles. The quantitative estimate of drug-likeness (QED) is 0.746. The van der Waals surface area contributed by atoms with Gasteiger partial charge < -0.3 is 10.2 Å². The van der Waals surface area contributed by atoms with Crippen molar-refractivity contribution in [1.82, 2.24) is 19.9 Å². The van der Waals surface area contributed by atoms with Crippen LogP contribution < -0.4 is 0 Å². The molecule has 0 bridgehead atoms. The van der Waals surface area contributed by atoms with Crippen LogP contribution in [0.2, 0.25) is 0 Å². The maximum absolute atomic E-state index is 11.4. The van der Waals surface area contributed by atoms with E-state index < -0.39 is 23.3 Å². The van der Waals surface area contributed by atoms with Crippen molar-refractivity contribution in [1.29, 1.82) is 0 Å². The fourth-order valence-electron chi connectivity index (χ4n) is 2.10. The van der Waals surface area contributed by atoms with Gasteiger partial charge in [-0.2, -0.15) is 0 Å². The maximum Gasteiger partial charge on any atom is 0.357 e. The third kappa shape index (κ3) is 2.80. The third-order valence-corrected chi connectivity index (χ3v) is 3.12. The van der Waals surface area contributed by atoms with Crippen LogP contribution in [0.25, 0.3) is 22.8 Å². The van der Waals surface area contributed by atoms with Crippen molar-refractivity contribution in [3.05, 3.63) is 60.2 Å². The number of hydrogen-bond acceptors (Lipinski definition) is 6. The van der Waals surface area contributed by atoms with Crippen LogP contribution in [0, 0.1) is 0 Å². The highest BCUT2D eigenvalue weighted by atomic mass is 16.4. The molecule has 3 rings (SSSR count). The smallest absolute Gasteiger partial charge is 0.357 e. The predicted octanol–water partition coefficient (Wildman–Crippen LogP) is 2.00. The van der Waals surface area contributed by atoms with Gasteiger partial charge in [-0.15, -0.1) is 0 Å². The lowest BCUT2D eigenvalue weighted by atomic mass is 10.1. The normalized spacial score (nSPS) is 10.3. The van der Waals surface area contributed by atoms with Crippen LogP contribution in [-0.2, 0) is 0 Å². The number of carboxylic acids is 2. The number of rotatable bonds is 4. The zero-order chi connectivity index (χ0) is 17.1. The fraction of sp³-hybridized carbons (Fsp3) is 0. The molecule has 0 saturated heterocycles. The van der Waals surface area contributed by atoms with Crippen LogP contribution >= 0.6 is 0 Å². The maximum atomic E-state index is 11.4. The minimum Gasteiger partial charge on any atom is -0.476 e. The second-order valence-electron chi connectivity index (χ2n) is 4.66. The van der Waals surface area contributed by atoms with Crippen molar-refractivity contribution < 1.29 is 19.8 Å². The Morgan fingerprint density at radius 3 is 1.42 bits per heavy atom. The Morgan fingerprint density at radius 2 is 1.12 bits per heavy atom. The van der Waals surface area contributed by atoms with Crippen molar-refractivity contribution in [3.8, 4) is 22.8 Å². The summed E-state index contributed by atoms with van der Waals surface area (Å²) >= 11 is 0. The highest BCUT2D eigenvalue weighted by molar-refractivity contribution is 6.00. The molecule has 0 amide bonds. The van der Waals surface area contributed by atoms with E-state index in [0.29, 0.717) is 11.4 Å². The Morgan fingerprint density at radius 1 is 0.708 bits per heavy atom. The largest absolute Gasteiger partial charge is 0.476 e. The fourth-order valence-corrected chi connectivity index (χ4v) is 2.10. The summed E-state index contributed by atoms with van der Waals surface area (Å²) < 4.78 is 0. The van der Waals surface area contributed by atoms with Gasteiger partial charge in [-0.25, -0.2) is 19.6 Å². The molecule has 0 spiro atoms. The Kier molecular flexibility index (Phi) is 3.94. The molecule has 24 heavy (non-hydrogen) atoms. The molecule has 3 heterocycles. The molecule has 3 aromatic heterocycles. The lowest BCUT2D eigenvalue weighted by Gasteiger charge is -2.10. The molecule has 0 atom stereocenters. The van der Waals surface area contributed by atoms with Gasteiger partial charge in [0.15, 0.2) is 11.4 Å². The molecular formula is C16H10N4O4. The molecule has 3 aromatic rings. The third-order valence-electron chi connectivity index (χ3n) is 3.12. The van der Waals surface area contributed by atoms with Gasteiger partial charge in [0.25, 0.3) is 0 Å². The van der Waals surface area contributed by atoms with Gasteiger partial charge in [-0.1, -0.05) is 12.1 Å². The molecule has 0 fully saturated rings. The molecule has 8 nitrogen and oxygen atoms in total. The number of pyridine rings is 2. The van der Waals surface area contributed by atoms with Crippen molar-refractivity contribution in [2.45, 2.75) is 0 Å². The van der Waals surface area contributed by atoms with Gasteiger partial charge in [0.1, 0.15) is 11.4 Å². The first kappa shape index (κ1) is 15.2. The minimum atomic E-state index is -1.48. The summed E-state index contributed by atoms with van der Waals surface area (Å²) in [4.78, 5) is 39.0. The van der Waals surface area contributed by atoms with Crippen molar-refractivity contribution in [2.24, 2.45) is 0 Å². The van der Waals surface area contributed by atoms with E-state index in [0.717, 1.165) is 0 Å². The highest BCUT2D eigenvalue weighted by Crippen LogP contribution is 2.27. The molecule has 118 valence electrons. The van der Waals surface area contributed by atoms with Gasteiger partial charge >= 0.3 is 11.9 Å². The SMILES string of the molecule is O=C(O)c1nc(-c2ccccn2)c(-c2ccccn2)nc1C(=O)O. The van der Waals surface area contributed by atoms with Gasteiger partial charge in [0.05, 0.1) is 11.4 Å². The Balaban J connectivity index is 2.35. The second-order valence-corrected chi connectivity index (χ2v) is 4.66. The molecular weight excluding hydrogens is 312 g/mol. The lowest BCUT2D eigenvalue weighted by molar-refractivity contribution is 0.0641. The molecule has 0 aromatic carbocycles. The minimum absolute atomic E-state index is 0.150. The summed E-state index contributed by atoms with van der Waals surface area (Å²) in [7, 11) is 0. The number of aromatic carboxylic acids is 2. The molecule has 0 aliphatic rings. The first-order valence-corrected chi connectivity index (χ1v) is 6.79. The van der Waals surface area contributed by atoms with Crippen LogP contribution in [0.1, 0.15) is 21.0 Å². The van der Waals surface area contributed by atoms with Crippen LogP contribution in [-0.4, -0.2) is 42.1 Å². The molecule has 0 radical (unpaired) electrons. The van der Waals surface area contributed by atoms with Crippen molar-refractivity contribution >= 4 is 11.9 Å². The summed E-state index contributed by atoms with van der Waals surface area (Å²) in [6.45, 7) is 0. The molecule has 0 saturated carbocycles. The van der Waals surface area contributed by atoms with Crippen molar-refractivity contribution in [3.63, 3.8) is 0 Å². The molecule has 0 aliphatic carbocycles. The van der Waals surface area contributed by atoms with Gasteiger partial charge in [0, 0.05) is 12.4 Å². The monoisotopic (exact) mass is 322 g/mol. The second kappa shape index (κ2) is 6.21. The van der Waals surface area contributed by atoms with E-state index in [-0.39, 0.29) is 11.4 Å². The van der Waals surface area contributed by atoms with Gasteiger partial charge in [-0.3, -0.25) is 9.97 Å². The average Bonchev–Trinajstić information content (AvgIpc) is 2.62. The zero-order valence-electron chi connectivity index (χ0n) is 12.1. The van der Waals surface area contributed by atoms with Crippen molar-refractivity contribution in [2.75, 3.05) is 0 Å². The van der Waals surface area contributed by atoms with Crippen LogP contribution in [0.15, 0.2) is 48.8 Å².